The highest BCUT2D eigenvalue weighted by Crippen LogP contribution is 2.30. The number of hydrogen-bond acceptors (Lipinski definition) is 4. The lowest BCUT2D eigenvalue weighted by atomic mass is 10.0. The molecule has 0 aliphatic carbocycles. The van der Waals surface area contributed by atoms with Crippen LogP contribution >= 0.6 is 11.3 Å². The van der Waals surface area contributed by atoms with E-state index in [1.165, 1.54) is 16.9 Å². The van der Waals surface area contributed by atoms with Crippen LogP contribution in [-0.4, -0.2) is 27.3 Å². The van der Waals surface area contributed by atoms with Crippen molar-refractivity contribution in [1.29, 1.82) is 0 Å². The normalized spacial score (nSPS) is 11.0. The minimum Gasteiger partial charge on any atom is -0.331 e. The summed E-state index contributed by atoms with van der Waals surface area (Å²) in [6.45, 7) is 4.73. The number of fused-ring (bicyclic) bond motifs is 1. The van der Waals surface area contributed by atoms with Crippen LogP contribution in [-0.2, 0) is 6.54 Å². The van der Waals surface area contributed by atoms with Gasteiger partial charge < -0.3 is 9.88 Å². The smallest absolute Gasteiger partial charge is 0.264 e. The summed E-state index contributed by atoms with van der Waals surface area (Å²) < 4.78 is 0. The Balaban J connectivity index is 1.64. The van der Waals surface area contributed by atoms with Gasteiger partial charge in [0.05, 0.1) is 22.3 Å². The number of hydrogen-bond donors (Lipinski definition) is 1. The van der Waals surface area contributed by atoms with E-state index >= 15 is 0 Å². The third kappa shape index (κ3) is 3.84. The molecular formula is C23H21N3O2S. The van der Waals surface area contributed by atoms with Gasteiger partial charge in [-0.1, -0.05) is 42.0 Å². The van der Waals surface area contributed by atoms with Gasteiger partial charge >= 0.3 is 0 Å². The van der Waals surface area contributed by atoms with Crippen LogP contribution in [0.2, 0.25) is 0 Å². The molecule has 0 aliphatic rings. The van der Waals surface area contributed by atoms with E-state index in [-0.39, 0.29) is 18.0 Å². The van der Waals surface area contributed by atoms with Gasteiger partial charge in [-0.15, -0.1) is 11.3 Å². The van der Waals surface area contributed by atoms with E-state index in [9.17, 15) is 9.59 Å². The van der Waals surface area contributed by atoms with E-state index in [0.717, 1.165) is 11.1 Å². The zero-order valence-electron chi connectivity index (χ0n) is 16.3. The molecular weight excluding hydrogens is 382 g/mol. The molecule has 0 bridgehead atoms. The lowest BCUT2D eigenvalue weighted by Gasteiger charge is -2.20. The van der Waals surface area contributed by atoms with Gasteiger partial charge in [-0.2, -0.15) is 0 Å². The highest BCUT2D eigenvalue weighted by atomic mass is 32.1. The van der Waals surface area contributed by atoms with Crippen molar-refractivity contribution in [2.45, 2.75) is 20.4 Å². The van der Waals surface area contributed by atoms with Gasteiger partial charge in [-0.05, 0) is 43.0 Å². The van der Waals surface area contributed by atoms with Crippen LogP contribution in [0.15, 0.2) is 64.8 Å². The molecule has 2 aromatic heterocycles. The van der Waals surface area contributed by atoms with Gasteiger partial charge in [0.2, 0.25) is 0 Å². The Bertz CT molecular complexity index is 1220. The molecule has 4 aromatic rings. The Morgan fingerprint density at radius 1 is 1.10 bits per heavy atom. The summed E-state index contributed by atoms with van der Waals surface area (Å²) in [5.41, 5.74) is 3.57. The number of carbonyl (C=O) groups is 1. The maximum atomic E-state index is 13.3. The van der Waals surface area contributed by atoms with Gasteiger partial charge in [0, 0.05) is 12.1 Å². The van der Waals surface area contributed by atoms with Crippen LogP contribution in [0, 0.1) is 6.92 Å². The number of benzene rings is 2. The second-order valence-electron chi connectivity index (χ2n) is 6.88. The molecule has 146 valence electrons. The predicted molar refractivity (Wildman–Crippen MR) is 117 cm³/mol. The van der Waals surface area contributed by atoms with Crippen LogP contribution in [0.5, 0.6) is 0 Å². The number of aromatic nitrogens is 2. The largest absolute Gasteiger partial charge is 0.331 e. The van der Waals surface area contributed by atoms with E-state index in [1.54, 1.807) is 17.0 Å². The van der Waals surface area contributed by atoms with Crippen LogP contribution in [0.3, 0.4) is 0 Å². The first kappa shape index (κ1) is 19.1. The SMILES string of the molecule is CCN(Cc1nc2ccccc2c(=O)[nH]1)C(=O)c1sccc1-c1ccc(C)cc1. The van der Waals surface area contributed by atoms with Crippen molar-refractivity contribution in [3.8, 4) is 11.1 Å². The van der Waals surface area contributed by atoms with Crippen LogP contribution in [0.1, 0.15) is 28.0 Å². The van der Waals surface area contributed by atoms with Crippen molar-refractivity contribution < 1.29 is 4.79 Å². The fraction of sp³-hybridized carbons (Fsp3) is 0.174. The van der Waals surface area contributed by atoms with E-state index in [0.29, 0.717) is 28.1 Å². The molecule has 0 unspecified atom stereocenters. The van der Waals surface area contributed by atoms with E-state index in [4.69, 9.17) is 0 Å². The molecule has 0 saturated carbocycles. The molecule has 2 aromatic carbocycles. The summed E-state index contributed by atoms with van der Waals surface area (Å²) in [5, 5.41) is 2.48. The number of para-hydroxylation sites is 1. The molecule has 0 radical (unpaired) electrons. The monoisotopic (exact) mass is 403 g/mol. The lowest BCUT2D eigenvalue weighted by molar-refractivity contribution is 0.0754. The Labute approximate surface area is 172 Å². The molecule has 5 nitrogen and oxygen atoms in total. The Kier molecular flexibility index (Phi) is 5.27. The molecule has 0 spiro atoms. The summed E-state index contributed by atoms with van der Waals surface area (Å²) in [6.07, 6.45) is 0. The van der Waals surface area contributed by atoms with Crippen molar-refractivity contribution >= 4 is 28.1 Å². The maximum absolute atomic E-state index is 13.3. The molecule has 0 aliphatic heterocycles. The summed E-state index contributed by atoms with van der Waals surface area (Å²) >= 11 is 1.43. The van der Waals surface area contributed by atoms with Crippen molar-refractivity contribution in [1.82, 2.24) is 14.9 Å². The quantitative estimate of drug-likeness (QED) is 0.529. The first-order valence-electron chi connectivity index (χ1n) is 9.48. The summed E-state index contributed by atoms with van der Waals surface area (Å²) in [7, 11) is 0. The number of nitrogens with zero attached hydrogens (tertiary/aromatic N) is 2. The average Bonchev–Trinajstić information content (AvgIpc) is 3.22. The summed E-state index contributed by atoms with van der Waals surface area (Å²) in [5.74, 6) is 0.422. The molecule has 4 rings (SSSR count). The number of aromatic amines is 1. The summed E-state index contributed by atoms with van der Waals surface area (Å²) in [4.78, 5) is 35.3. The molecule has 6 heteroatoms. The van der Waals surface area contributed by atoms with Crippen molar-refractivity contribution in [2.24, 2.45) is 0 Å². The van der Waals surface area contributed by atoms with Crippen molar-refractivity contribution in [3.63, 3.8) is 0 Å². The zero-order valence-corrected chi connectivity index (χ0v) is 17.1. The second kappa shape index (κ2) is 8.01. The van der Waals surface area contributed by atoms with E-state index in [1.807, 2.05) is 61.7 Å². The number of H-pyrrole nitrogens is 1. The molecule has 1 amide bonds. The standard InChI is InChI=1S/C23H21N3O2S/c1-3-26(14-20-24-19-7-5-4-6-18(19)22(27)25-20)23(28)21-17(12-13-29-21)16-10-8-15(2)9-11-16/h4-13H,3,14H2,1-2H3,(H,24,25,27). The minimum atomic E-state index is -0.189. The van der Waals surface area contributed by atoms with Crippen LogP contribution in [0.4, 0.5) is 0 Å². The van der Waals surface area contributed by atoms with Crippen LogP contribution < -0.4 is 5.56 Å². The number of aryl methyl sites for hydroxylation is 1. The number of nitrogens with one attached hydrogen (secondary N) is 1. The van der Waals surface area contributed by atoms with Crippen molar-refractivity contribution in [3.05, 3.63) is 86.6 Å². The molecule has 0 atom stereocenters. The molecule has 0 fully saturated rings. The van der Waals surface area contributed by atoms with Gasteiger partial charge in [0.15, 0.2) is 0 Å². The number of thiophene rings is 1. The number of rotatable bonds is 5. The third-order valence-electron chi connectivity index (χ3n) is 4.89. The highest BCUT2D eigenvalue weighted by molar-refractivity contribution is 7.12. The molecule has 0 saturated heterocycles. The van der Waals surface area contributed by atoms with E-state index < -0.39 is 0 Å². The maximum Gasteiger partial charge on any atom is 0.264 e. The Hall–Kier alpha value is -3.25. The Morgan fingerprint density at radius 3 is 2.62 bits per heavy atom. The topological polar surface area (TPSA) is 66.1 Å². The first-order valence-corrected chi connectivity index (χ1v) is 10.4. The number of carbonyl (C=O) groups excluding carboxylic acids is 1. The predicted octanol–water partition coefficient (Wildman–Crippen LogP) is 4.62. The lowest BCUT2D eigenvalue weighted by Crippen LogP contribution is -2.31. The zero-order chi connectivity index (χ0) is 20.4. The van der Waals surface area contributed by atoms with Gasteiger partial charge in [0.1, 0.15) is 5.82 Å². The second-order valence-corrected chi connectivity index (χ2v) is 7.79. The fourth-order valence-corrected chi connectivity index (χ4v) is 4.18. The molecule has 29 heavy (non-hydrogen) atoms. The fourth-order valence-electron chi connectivity index (χ4n) is 3.30. The Morgan fingerprint density at radius 2 is 1.86 bits per heavy atom. The molecule has 2 heterocycles. The van der Waals surface area contributed by atoms with Crippen molar-refractivity contribution in [2.75, 3.05) is 6.54 Å². The summed E-state index contributed by atoms with van der Waals surface area (Å²) in [6, 6.07) is 17.3. The van der Waals surface area contributed by atoms with Gasteiger partial charge in [-0.3, -0.25) is 9.59 Å². The average molecular weight is 404 g/mol. The first-order chi connectivity index (χ1) is 14.1. The molecule has 1 N–H and O–H groups in total. The van der Waals surface area contributed by atoms with E-state index in [2.05, 4.69) is 9.97 Å². The number of amides is 1. The van der Waals surface area contributed by atoms with Gasteiger partial charge in [0.25, 0.3) is 11.5 Å². The van der Waals surface area contributed by atoms with Crippen LogP contribution in [0.25, 0.3) is 22.0 Å². The third-order valence-corrected chi connectivity index (χ3v) is 5.80. The van der Waals surface area contributed by atoms with Gasteiger partial charge in [-0.25, -0.2) is 4.98 Å². The minimum absolute atomic E-state index is 0.0612. The highest BCUT2D eigenvalue weighted by Gasteiger charge is 2.21.